The van der Waals surface area contributed by atoms with E-state index in [0.717, 1.165) is 25.0 Å². The minimum Gasteiger partial charge on any atom is -0.497 e. The summed E-state index contributed by atoms with van der Waals surface area (Å²) in [6, 6.07) is 29.5. The van der Waals surface area contributed by atoms with Gasteiger partial charge in [0.2, 0.25) is 0 Å². The quantitative estimate of drug-likeness (QED) is 0.415. The van der Waals surface area contributed by atoms with E-state index in [4.69, 9.17) is 14.2 Å². The first-order valence-electron chi connectivity index (χ1n) is 11.8. The molecule has 2 fully saturated rings. The number of hydrogen-bond acceptors (Lipinski definition) is 3. The van der Waals surface area contributed by atoms with Crippen LogP contribution in [0.3, 0.4) is 0 Å². The van der Waals surface area contributed by atoms with E-state index in [1.807, 2.05) is 6.07 Å². The Morgan fingerprint density at radius 1 is 0.812 bits per heavy atom. The Bertz CT molecular complexity index is 969. The third-order valence-corrected chi connectivity index (χ3v) is 7.11. The van der Waals surface area contributed by atoms with Gasteiger partial charge in [-0.3, -0.25) is 0 Å². The molecule has 1 aliphatic heterocycles. The summed E-state index contributed by atoms with van der Waals surface area (Å²) < 4.78 is 19.6. The molecule has 0 aromatic heterocycles. The maximum absolute atomic E-state index is 7.02. The SMILES string of the molecule is CCCC1CCC2(O[C@H](c3ccccc3)[C@@H](c3ccccc3)O2)C1c1cccc(OC)c1. The minimum absolute atomic E-state index is 0.132. The second-order valence-electron chi connectivity index (χ2n) is 9.05. The average Bonchev–Trinajstić information content (AvgIpc) is 3.41. The molecular formula is C29H32O3. The number of benzene rings is 3. The molecule has 5 rings (SSSR count). The highest BCUT2D eigenvalue weighted by atomic mass is 16.8. The first-order chi connectivity index (χ1) is 15.7. The van der Waals surface area contributed by atoms with Crippen molar-refractivity contribution in [2.75, 3.05) is 7.11 Å². The first kappa shape index (κ1) is 21.2. The molecule has 166 valence electrons. The van der Waals surface area contributed by atoms with Gasteiger partial charge < -0.3 is 14.2 Å². The van der Waals surface area contributed by atoms with Crippen molar-refractivity contribution < 1.29 is 14.2 Å². The van der Waals surface area contributed by atoms with Crippen molar-refractivity contribution in [2.45, 2.75) is 56.5 Å². The van der Waals surface area contributed by atoms with Crippen LogP contribution in [0.5, 0.6) is 5.75 Å². The molecule has 3 nitrogen and oxygen atoms in total. The fourth-order valence-electron chi connectivity index (χ4n) is 5.73. The maximum Gasteiger partial charge on any atom is 0.177 e. The van der Waals surface area contributed by atoms with Crippen LogP contribution < -0.4 is 4.74 Å². The van der Waals surface area contributed by atoms with Crippen molar-refractivity contribution in [2.24, 2.45) is 5.92 Å². The van der Waals surface area contributed by atoms with Crippen molar-refractivity contribution in [3.63, 3.8) is 0 Å². The molecule has 1 saturated heterocycles. The Morgan fingerprint density at radius 2 is 1.41 bits per heavy atom. The van der Waals surface area contributed by atoms with Crippen LogP contribution in [-0.2, 0) is 9.47 Å². The smallest absolute Gasteiger partial charge is 0.177 e. The van der Waals surface area contributed by atoms with Crippen LogP contribution >= 0.6 is 0 Å². The summed E-state index contributed by atoms with van der Waals surface area (Å²) in [7, 11) is 1.73. The van der Waals surface area contributed by atoms with E-state index in [0.29, 0.717) is 5.92 Å². The van der Waals surface area contributed by atoms with Crippen molar-refractivity contribution in [1.82, 2.24) is 0 Å². The zero-order valence-electron chi connectivity index (χ0n) is 18.9. The second-order valence-corrected chi connectivity index (χ2v) is 9.05. The van der Waals surface area contributed by atoms with E-state index < -0.39 is 5.79 Å². The van der Waals surface area contributed by atoms with E-state index in [1.165, 1.54) is 23.1 Å². The van der Waals surface area contributed by atoms with Crippen molar-refractivity contribution >= 4 is 0 Å². The van der Waals surface area contributed by atoms with Crippen molar-refractivity contribution in [3.8, 4) is 5.75 Å². The van der Waals surface area contributed by atoms with Gasteiger partial charge in [0.05, 0.1) is 7.11 Å². The molecule has 2 unspecified atom stereocenters. The van der Waals surface area contributed by atoms with Crippen LogP contribution in [0, 0.1) is 5.92 Å². The third kappa shape index (κ3) is 3.85. The van der Waals surface area contributed by atoms with E-state index >= 15 is 0 Å². The van der Waals surface area contributed by atoms with Crippen LogP contribution in [0.15, 0.2) is 84.9 Å². The summed E-state index contributed by atoms with van der Waals surface area (Å²) in [5.74, 6) is 0.959. The van der Waals surface area contributed by atoms with E-state index in [1.54, 1.807) is 7.11 Å². The highest BCUT2D eigenvalue weighted by Crippen LogP contribution is 2.60. The minimum atomic E-state index is -0.632. The van der Waals surface area contributed by atoms with Gasteiger partial charge in [-0.25, -0.2) is 0 Å². The fraction of sp³-hybridized carbons (Fsp3) is 0.379. The van der Waals surface area contributed by atoms with Gasteiger partial charge in [-0.1, -0.05) is 86.1 Å². The summed E-state index contributed by atoms with van der Waals surface area (Å²) in [5, 5.41) is 0. The van der Waals surface area contributed by atoms with Gasteiger partial charge in [-0.05, 0) is 47.6 Å². The molecule has 3 aromatic rings. The molecule has 1 spiro atoms. The van der Waals surface area contributed by atoms with Gasteiger partial charge in [-0.15, -0.1) is 0 Å². The molecule has 1 saturated carbocycles. The summed E-state index contributed by atoms with van der Waals surface area (Å²) in [6.07, 6.45) is 4.08. The van der Waals surface area contributed by atoms with Crippen LogP contribution in [0.25, 0.3) is 0 Å². The second kappa shape index (κ2) is 9.09. The largest absolute Gasteiger partial charge is 0.497 e. The van der Waals surface area contributed by atoms with E-state index in [-0.39, 0.29) is 18.1 Å². The molecule has 2 aliphatic rings. The number of methoxy groups -OCH3 is 1. The molecule has 0 bridgehead atoms. The van der Waals surface area contributed by atoms with Gasteiger partial charge in [-0.2, -0.15) is 0 Å². The fourth-order valence-corrected chi connectivity index (χ4v) is 5.73. The van der Waals surface area contributed by atoms with E-state index in [9.17, 15) is 0 Å². The monoisotopic (exact) mass is 428 g/mol. The summed E-state index contributed by atoms with van der Waals surface area (Å²) in [4.78, 5) is 0. The molecular weight excluding hydrogens is 396 g/mol. The highest BCUT2D eigenvalue weighted by molar-refractivity contribution is 5.35. The summed E-state index contributed by atoms with van der Waals surface area (Å²) in [6.45, 7) is 2.27. The lowest BCUT2D eigenvalue weighted by atomic mass is 9.83. The number of hydrogen-bond donors (Lipinski definition) is 0. The van der Waals surface area contributed by atoms with Crippen LogP contribution in [-0.4, -0.2) is 12.9 Å². The molecule has 3 aromatic carbocycles. The number of ether oxygens (including phenoxy) is 3. The molecule has 0 amide bonds. The molecule has 1 heterocycles. The zero-order chi connectivity index (χ0) is 22.0. The predicted molar refractivity (Wildman–Crippen MR) is 127 cm³/mol. The predicted octanol–water partition coefficient (Wildman–Crippen LogP) is 7.21. The standard InChI is InChI=1S/C29H32O3/c1-3-11-21-18-19-29(26(21)24-16-10-17-25(20-24)30-2)31-27(22-12-6-4-7-13-22)28(32-29)23-14-8-5-9-15-23/h4-10,12-17,20-21,26-28H,3,11,18-19H2,1-2H3/t21?,26?,27-,28-/m1/s1. The Kier molecular flexibility index (Phi) is 6.03. The van der Waals surface area contributed by atoms with Gasteiger partial charge in [0, 0.05) is 12.3 Å². The van der Waals surface area contributed by atoms with Gasteiger partial charge >= 0.3 is 0 Å². The molecule has 32 heavy (non-hydrogen) atoms. The highest BCUT2D eigenvalue weighted by Gasteiger charge is 2.58. The normalized spacial score (nSPS) is 26.4. The third-order valence-electron chi connectivity index (χ3n) is 7.11. The lowest BCUT2D eigenvalue weighted by Crippen LogP contribution is -2.35. The molecule has 0 N–H and O–H groups in total. The first-order valence-corrected chi connectivity index (χ1v) is 11.8. The van der Waals surface area contributed by atoms with Crippen molar-refractivity contribution in [1.29, 1.82) is 0 Å². The maximum atomic E-state index is 7.02. The molecule has 3 heteroatoms. The Balaban J connectivity index is 1.58. The van der Waals surface area contributed by atoms with Gasteiger partial charge in [0.25, 0.3) is 0 Å². The van der Waals surface area contributed by atoms with Crippen LogP contribution in [0.4, 0.5) is 0 Å². The van der Waals surface area contributed by atoms with Crippen LogP contribution in [0.2, 0.25) is 0 Å². The van der Waals surface area contributed by atoms with E-state index in [2.05, 4.69) is 85.8 Å². The average molecular weight is 429 g/mol. The molecule has 1 aliphatic carbocycles. The topological polar surface area (TPSA) is 27.7 Å². The Hall–Kier alpha value is -2.62. The summed E-state index contributed by atoms with van der Waals surface area (Å²) >= 11 is 0. The lowest BCUT2D eigenvalue weighted by Gasteiger charge is -2.33. The number of rotatable bonds is 6. The van der Waals surface area contributed by atoms with Crippen LogP contribution in [0.1, 0.15) is 67.4 Å². The zero-order valence-corrected chi connectivity index (χ0v) is 18.9. The summed E-state index contributed by atoms with van der Waals surface area (Å²) in [5.41, 5.74) is 3.59. The van der Waals surface area contributed by atoms with Crippen molar-refractivity contribution in [3.05, 3.63) is 102 Å². The molecule has 4 atom stereocenters. The Morgan fingerprint density at radius 3 is 1.97 bits per heavy atom. The van der Waals surface area contributed by atoms with Gasteiger partial charge in [0.15, 0.2) is 5.79 Å². The Labute approximate surface area is 191 Å². The molecule has 0 radical (unpaired) electrons. The van der Waals surface area contributed by atoms with Gasteiger partial charge in [0.1, 0.15) is 18.0 Å². The lowest BCUT2D eigenvalue weighted by molar-refractivity contribution is -0.185.